The normalized spacial score (nSPS) is 10.3. The standard InChI is InChI=1S/C22H18N4O6/c1-13-6-8-17(19(10-13)25(29)30)23-21(27)15-4-3-5-16(12-15)22(28)24-18-9-7-14(2)11-20(18)26(31)32/h3-12H,1-2H3,(H,23,27)(H,24,28). The van der Waals surface area contributed by atoms with Gasteiger partial charge in [-0.1, -0.05) is 18.2 Å². The summed E-state index contributed by atoms with van der Waals surface area (Å²) in [5.74, 6) is -1.29. The molecule has 0 unspecified atom stereocenters. The molecule has 0 saturated heterocycles. The van der Waals surface area contributed by atoms with E-state index >= 15 is 0 Å². The summed E-state index contributed by atoms with van der Waals surface area (Å²) >= 11 is 0. The van der Waals surface area contributed by atoms with E-state index in [-0.39, 0.29) is 33.9 Å². The molecule has 162 valence electrons. The Labute approximate surface area is 182 Å². The number of nitrogens with zero attached hydrogens (tertiary/aromatic N) is 2. The summed E-state index contributed by atoms with van der Waals surface area (Å²) in [5, 5.41) is 27.5. The molecule has 3 aromatic carbocycles. The van der Waals surface area contributed by atoms with Crippen LogP contribution < -0.4 is 10.6 Å². The van der Waals surface area contributed by atoms with Crippen molar-refractivity contribution in [2.75, 3.05) is 10.6 Å². The van der Waals surface area contributed by atoms with E-state index in [9.17, 15) is 29.8 Å². The van der Waals surface area contributed by atoms with Gasteiger partial charge in [0.2, 0.25) is 0 Å². The average Bonchev–Trinajstić information content (AvgIpc) is 2.75. The highest BCUT2D eigenvalue weighted by molar-refractivity contribution is 6.09. The van der Waals surface area contributed by atoms with Crippen LogP contribution in [-0.4, -0.2) is 21.7 Å². The Hall–Kier alpha value is -4.60. The first-order chi connectivity index (χ1) is 15.2. The van der Waals surface area contributed by atoms with E-state index in [2.05, 4.69) is 10.6 Å². The van der Waals surface area contributed by atoms with Gasteiger partial charge >= 0.3 is 0 Å². The third kappa shape index (κ3) is 4.93. The van der Waals surface area contributed by atoms with Gasteiger partial charge in [0.15, 0.2) is 0 Å². The minimum atomic E-state index is -0.645. The first-order valence-corrected chi connectivity index (χ1v) is 9.38. The van der Waals surface area contributed by atoms with Gasteiger partial charge in [-0.3, -0.25) is 29.8 Å². The minimum Gasteiger partial charge on any atom is -0.316 e. The van der Waals surface area contributed by atoms with Crippen molar-refractivity contribution < 1.29 is 19.4 Å². The molecule has 10 heteroatoms. The van der Waals surface area contributed by atoms with Crippen LogP contribution in [0.3, 0.4) is 0 Å². The highest BCUT2D eigenvalue weighted by Gasteiger charge is 2.19. The quantitative estimate of drug-likeness (QED) is 0.428. The van der Waals surface area contributed by atoms with Gasteiger partial charge in [0.05, 0.1) is 9.85 Å². The summed E-state index contributed by atoms with van der Waals surface area (Å²) in [4.78, 5) is 46.6. The first-order valence-electron chi connectivity index (χ1n) is 9.38. The van der Waals surface area contributed by atoms with Gasteiger partial charge in [-0.05, 0) is 55.3 Å². The molecule has 32 heavy (non-hydrogen) atoms. The lowest BCUT2D eigenvalue weighted by molar-refractivity contribution is -0.384. The van der Waals surface area contributed by atoms with Crippen LogP contribution >= 0.6 is 0 Å². The van der Waals surface area contributed by atoms with Gasteiger partial charge in [0, 0.05) is 23.3 Å². The fourth-order valence-electron chi connectivity index (χ4n) is 2.99. The van der Waals surface area contributed by atoms with Crippen molar-refractivity contribution in [2.45, 2.75) is 13.8 Å². The lowest BCUT2D eigenvalue weighted by Gasteiger charge is -2.09. The Balaban J connectivity index is 1.83. The summed E-state index contributed by atoms with van der Waals surface area (Å²) in [7, 11) is 0. The summed E-state index contributed by atoms with van der Waals surface area (Å²) in [5.41, 5.74) is 1.05. The number of amides is 2. The second kappa shape index (κ2) is 9.04. The molecular weight excluding hydrogens is 416 g/mol. The largest absolute Gasteiger partial charge is 0.316 e. The third-order valence-corrected chi connectivity index (χ3v) is 4.58. The molecule has 0 aliphatic carbocycles. The maximum absolute atomic E-state index is 12.6. The smallest absolute Gasteiger partial charge is 0.293 e. The molecule has 0 bridgehead atoms. The number of rotatable bonds is 6. The van der Waals surface area contributed by atoms with Crippen LogP contribution in [0.2, 0.25) is 0 Å². The lowest BCUT2D eigenvalue weighted by Crippen LogP contribution is -2.16. The predicted octanol–water partition coefficient (Wildman–Crippen LogP) is 4.62. The maximum atomic E-state index is 12.6. The molecule has 0 aliphatic heterocycles. The second-order valence-electron chi connectivity index (χ2n) is 7.04. The average molecular weight is 434 g/mol. The van der Waals surface area contributed by atoms with E-state index in [0.717, 1.165) is 0 Å². The number of carbonyl (C=O) groups is 2. The number of benzene rings is 3. The van der Waals surface area contributed by atoms with E-state index in [1.807, 2.05) is 0 Å². The SMILES string of the molecule is Cc1ccc(NC(=O)c2cccc(C(=O)Nc3ccc(C)cc3[N+](=O)[O-])c2)c([N+](=O)[O-])c1. The molecule has 3 rings (SSSR count). The summed E-state index contributed by atoms with van der Waals surface area (Å²) < 4.78 is 0. The van der Waals surface area contributed by atoms with E-state index < -0.39 is 21.7 Å². The van der Waals surface area contributed by atoms with Gasteiger partial charge in [-0.25, -0.2) is 0 Å². The topological polar surface area (TPSA) is 144 Å². The predicted molar refractivity (Wildman–Crippen MR) is 118 cm³/mol. The zero-order valence-electron chi connectivity index (χ0n) is 17.1. The van der Waals surface area contributed by atoms with Gasteiger partial charge in [-0.2, -0.15) is 0 Å². The van der Waals surface area contributed by atoms with Gasteiger partial charge in [-0.15, -0.1) is 0 Å². The number of hydrogen-bond acceptors (Lipinski definition) is 6. The van der Waals surface area contributed by atoms with Crippen LogP contribution in [-0.2, 0) is 0 Å². The fraction of sp³-hybridized carbons (Fsp3) is 0.0909. The van der Waals surface area contributed by atoms with E-state index in [4.69, 9.17) is 0 Å². The van der Waals surface area contributed by atoms with Gasteiger partial charge in [0.25, 0.3) is 23.2 Å². The van der Waals surface area contributed by atoms with E-state index in [0.29, 0.717) is 11.1 Å². The van der Waals surface area contributed by atoms with Crippen molar-refractivity contribution in [3.63, 3.8) is 0 Å². The van der Waals surface area contributed by atoms with Crippen molar-refractivity contribution in [2.24, 2.45) is 0 Å². The number of nitro benzene ring substituents is 2. The van der Waals surface area contributed by atoms with Gasteiger partial charge in [0.1, 0.15) is 11.4 Å². The molecule has 0 aromatic heterocycles. The zero-order valence-corrected chi connectivity index (χ0v) is 17.1. The minimum absolute atomic E-state index is 0.0238. The molecule has 2 N–H and O–H groups in total. The molecule has 2 amide bonds. The maximum Gasteiger partial charge on any atom is 0.293 e. The van der Waals surface area contributed by atoms with Crippen molar-refractivity contribution in [1.82, 2.24) is 0 Å². The number of anilines is 2. The summed E-state index contributed by atoms with van der Waals surface area (Å²) in [6.07, 6.45) is 0. The number of aryl methyl sites for hydroxylation is 2. The molecule has 0 aliphatic rings. The number of nitro groups is 2. The molecule has 0 saturated carbocycles. The first kappa shape index (κ1) is 22.1. The Morgan fingerprint density at radius 3 is 1.47 bits per heavy atom. The molecule has 3 aromatic rings. The number of hydrogen-bond donors (Lipinski definition) is 2. The Morgan fingerprint density at radius 2 is 1.09 bits per heavy atom. The van der Waals surface area contributed by atoms with Crippen LogP contribution in [0.1, 0.15) is 31.8 Å². The Kier molecular flexibility index (Phi) is 6.24. The summed E-state index contributed by atoms with van der Waals surface area (Å²) in [6.45, 7) is 3.39. The Bertz CT molecular complexity index is 1160. The van der Waals surface area contributed by atoms with Crippen molar-refractivity contribution in [1.29, 1.82) is 0 Å². The van der Waals surface area contributed by atoms with Crippen molar-refractivity contribution in [3.05, 3.63) is 103 Å². The van der Waals surface area contributed by atoms with Crippen LogP contribution in [0.25, 0.3) is 0 Å². The van der Waals surface area contributed by atoms with Crippen LogP contribution in [0.4, 0.5) is 22.7 Å². The fourth-order valence-corrected chi connectivity index (χ4v) is 2.99. The van der Waals surface area contributed by atoms with Crippen molar-refractivity contribution in [3.8, 4) is 0 Å². The van der Waals surface area contributed by atoms with Crippen molar-refractivity contribution >= 4 is 34.6 Å². The van der Waals surface area contributed by atoms with Crippen LogP contribution in [0.5, 0.6) is 0 Å². The molecular formula is C22H18N4O6. The number of nitrogens with one attached hydrogen (secondary N) is 2. The highest BCUT2D eigenvalue weighted by atomic mass is 16.6. The molecule has 0 fully saturated rings. The summed E-state index contributed by atoms with van der Waals surface area (Å²) in [6, 6.07) is 14.4. The molecule has 0 heterocycles. The highest BCUT2D eigenvalue weighted by Crippen LogP contribution is 2.27. The number of carbonyl (C=O) groups excluding carboxylic acids is 2. The van der Waals surface area contributed by atoms with E-state index in [1.165, 1.54) is 48.5 Å². The van der Waals surface area contributed by atoms with Crippen LogP contribution in [0.15, 0.2) is 60.7 Å². The molecule has 0 spiro atoms. The van der Waals surface area contributed by atoms with E-state index in [1.54, 1.807) is 26.0 Å². The molecule has 0 atom stereocenters. The molecule has 10 nitrogen and oxygen atoms in total. The third-order valence-electron chi connectivity index (χ3n) is 4.58. The monoisotopic (exact) mass is 434 g/mol. The van der Waals surface area contributed by atoms with Gasteiger partial charge < -0.3 is 10.6 Å². The zero-order chi connectivity index (χ0) is 23.4. The Morgan fingerprint density at radius 1 is 0.688 bits per heavy atom. The lowest BCUT2D eigenvalue weighted by atomic mass is 10.1. The second-order valence-corrected chi connectivity index (χ2v) is 7.04. The van der Waals surface area contributed by atoms with Crippen LogP contribution in [0, 0.1) is 34.1 Å². The molecule has 0 radical (unpaired) electrons.